The van der Waals surface area contributed by atoms with Crippen LogP contribution >= 0.6 is 11.6 Å². The Morgan fingerprint density at radius 1 is 1.14 bits per heavy atom. The first-order valence-corrected chi connectivity index (χ1v) is 9.81. The molecule has 1 aliphatic carbocycles. The minimum absolute atomic E-state index is 0.0924. The Labute approximate surface area is 133 Å². The van der Waals surface area contributed by atoms with Crippen molar-refractivity contribution in [3.63, 3.8) is 0 Å². The van der Waals surface area contributed by atoms with Crippen molar-refractivity contribution in [2.75, 3.05) is 6.54 Å². The molecular weight excluding hydrogens is 306 g/mol. The number of benzene rings is 1. The van der Waals surface area contributed by atoms with Crippen molar-refractivity contribution >= 4 is 21.4 Å². The molecule has 2 rings (SSSR count). The molecule has 1 aromatic rings. The summed E-state index contributed by atoms with van der Waals surface area (Å²) in [7, 11) is -3.15. The standard InChI is InChI=1S/C16H24ClNO2S/c1-2-18-15-6-4-3-5-7-16(15)21(19,20)12-13-8-10-14(17)11-9-13/h8-11,15-16,18H,2-7,12H2,1H3. The van der Waals surface area contributed by atoms with Crippen molar-refractivity contribution in [1.82, 2.24) is 5.32 Å². The van der Waals surface area contributed by atoms with Crippen LogP contribution in [-0.4, -0.2) is 26.3 Å². The number of nitrogens with one attached hydrogen (secondary N) is 1. The molecule has 1 saturated carbocycles. The summed E-state index contributed by atoms with van der Waals surface area (Å²) < 4.78 is 25.6. The molecule has 1 aromatic carbocycles. The van der Waals surface area contributed by atoms with Crippen molar-refractivity contribution in [2.45, 2.75) is 56.1 Å². The Morgan fingerprint density at radius 3 is 2.48 bits per heavy atom. The third-order valence-electron chi connectivity index (χ3n) is 4.16. The van der Waals surface area contributed by atoms with Gasteiger partial charge in [-0.25, -0.2) is 8.42 Å². The maximum absolute atomic E-state index is 12.8. The largest absolute Gasteiger partial charge is 0.313 e. The predicted octanol–water partition coefficient (Wildman–Crippen LogP) is 3.57. The highest BCUT2D eigenvalue weighted by Crippen LogP contribution is 2.26. The van der Waals surface area contributed by atoms with Crippen LogP contribution in [0.25, 0.3) is 0 Å². The zero-order valence-electron chi connectivity index (χ0n) is 12.5. The fourth-order valence-electron chi connectivity index (χ4n) is 3.12. The van der Waals surface area contributed by atoms with E-state index < -0.39 is 9.84 Å². The zero-order valence-corrected chi connectivity index (χ0v) is 14.1. The van der Waals surface area contributed by atoms with Gasteiger partial charge in [-0.2, -0.15) is 0 Å². The van der Waals surface area contributed by atoms with Crippen molar-refractivity contribution in [3.8, 4) is 0 Å². The highest BCUT2D eigenvalue weighted by Gasteiger charge is 2.33. The van der Waals surface area contributed by atoms with Gasteiger partial charge in [0.05, 0.1) is 11.0 Å². The molecule has 1 aliphatic rings. The molecule has 0 radical (unpaired) electrons. The van der Waals surface area contributed by atoms with E-state index in [1.54, 1.807) is 24.3 Å². The summed E-state index contributed by atoms with van der Waals surface area (Å²) in [6, 6.07) is 7.20. The molecule has 0 heterocycles. The fourth-order valence-corrected chi connectivity index (χ4v) is 5.37. The Morgan fingerprint density at radius 2 is 1.81 bits per heavy atom. The van der Waals surface area contributed by atoms with Crippen LogP contribution in [0.2, 0.25) is 5.02 Å². The van der Waals surface area contributed by atoms with Crippen LogP contribution in [0.15, 0.2) is 24.3 Å². The van der Waals surface area contributed by atoms with Gasteiger partial charge in [0, 0.05) is 11.1 Å². The van der Waals surface area contributed by atoms with Gasteiger partial charge in [-0.05, 0) is 37.1 Å². The number of hydrogen-bond donors (Lipinski definition) is 1. The van der Waals surface area contributed by atoms with E-state index in [1.807, 2.05) is 6.92 Å². The van der Waals surface area contributed by atoms with Crippen LogP contribution < -0.4 is 5.32 Å². The lowest BCUT2D eigenvalue weighted by Crippen LogP contribution is -2.43. The second-order valence-corrected chi connectivity index (χ2v) is 8.43. The fraction of sp³-hybridized carbons (Fsp3) is 0.625. The van der Waals surface area contributed by atoms with E-state index in [4.69, 9.17) is 11.6 Å². The summed E-state index contributed by atoms with van der Waals surface area (Å²) in [4.78, 5) is 0. The van der Waals surface area contributed by atoms with Gasteiger partial charge in [0.25, 0.3) is 0 Å². The molecule has 2 unspecified atom stereocenters. The maximum Gasteiger partial charge on any atom is 0.158 e. The molecule has 21 heavy (non-hydrogen) atoms. The van der Waals surface area contributed by atoms with Crippen molar-refractivity contribution < 1.29 is 8.42 Å². The van der Waals surface area contributed by atoms with Crippen LogP contribution in [0.1, 0.15) is 44.6 Å². The average Bonchev–Trinajstić information content (AvgIpc) is 2.68. The normalized spacial score (nSPS) is 23.7. The molecule has 0 aromatic heterocycles. The van der Waals surface area contributed by atoms with E-state index in [-0.39, 0.29) is 17.0 Å². The molecule has 1 N–H and O–H groups in total. The summed E-state index contributed by atoms with van der Waals surface area (Å²) in [6.45, 7) is 2.85. The predicted molar refractivity (Wildman–Crippen MR) is 88.4 cm³/mol. The maximum atomic E-state index is 12.8. The molecule has 3 nitrogen and oxygen atoms in total. The highest BCUT2D eigenvalue weighted by atomic mass is 35.5. The Balaban J connectivity index is 2.16. The molecule has 0 bridgehead atoms. The van der Waals surface area contributed by atoms with Gasteiger partial charge in [-0.1, -0.05) is 49.9 Å². The Bertz CT molecular complexity index is 542. The second-order valence-electron chi connectivity index (χ2n) is 5.77. The first-order chi connectivity index (χ1) is 10.0. The van der Waals surface area contributed by atoms with Crippen LogP contribution in [-0.2, 0) is 15.6 Å². The number of rotatable bonds is 5. The van der Waals surface area contributed by atoms with Gasteiger partial charge in [-0.15, -0.1) is 0 Å². The molecule has 118 valence electrons. The summed E-state index contributed by atoms with van der Waals surface area (Å²) in [5, 5.41) is 3.74. The molecule has 2 atom stereocenters. The summed E-state index contributed by atoms with van der Waals surface area (Å²) in [6.07, 6.45) is 4.98. The van der Waals surface area contributed by atoms with Gasteiger partial charge >= 0.3 is 0 Å². The molecule has 0 aliphatic heterocycles. The van der Waals surface area contributed by atoms with Crippen LogP contribution in [0, 0.1) is 0 Å². The van der Waals surface area contributed by atoms with Gasteiger partial charge in [-0.3, -0.25) is 0 Å². The van der Waals surface area contributed by atoms with Gasteiger partial charge < -0.3 is 5.32 Å². The minimum atomic E-state index is -3.15. The smallest absolute Gasteiger partial charge is 0.158 e. The zero-order chi connectivity index (χ0) is 15.3. The first kappa shape index (κ1) is 16.8. The van der Waals surface area contributed by atoms with Crippen molar-refractivity contribution in [2.24, 2.45) is 0 Å². The average molecular weight is 330 g/mol. The van der Waals surface area contributed by atoms with Crippen LogP contribution in [0.3, 0.4) is 0 Å². The second kappa shape index (κ2) is 7.61. The Kier molecular flexibility index (Phi) is 6.08. The van der Waals surface area contributed by atoms with Gasteiger partial charge in [0.1, 0.15) is 0 Å². The lowest BCUT2D eigenvalue weighted by molar-refractivity contribution is 0.459. The number of halogens is 1. The topological polar surface area (TPSA) is 46.2 Å². The van der Waals surface area contributed by atoms with Gasteiger partial charge in [0.15, 0.2) is 9.84 Å². The third kappa shape index (κ3) is 4.70. The van der Waals surface area contributed by atoms with E-state index >= 15 is 0 Å². The number of sulfone groups is 1. The molecule has 5 heteroatoms. The van der Waals surface area contributed by atoms with E-state index in [9.17, 15) is 8.42 Å². The summed E-state index contributed by atoms with van der Waals surface area (Å²) >= 11 is 5.86. The van der Waals surface area contributed by atoms with E-state index in [0.29, 0.717) is 5.02 Å². The molecule has 1 fully saturated rings. The SMILES string of the molecule is CCNC1CCCCCC1S(=O)(=O)Cc1ccc(Cl)cc1. The summed E-state index contributed by atoms with van der Waals surface area (Å²) in [5.74, 6) is 0.108. The van der Waals surface area contributed by atoms with E-state index in [1.165, 1.54) is 0 Å². The van der Waals surface area contributed by atoms with E-state index in [0.717, 1.165) is 44.2 Å². The highest BCUT2D eigenvalue weighted by molar-refractivity contribution is 7.91. The molecule has 0 saturated heterocycles. The number of hydrogen-bond acceptors (Lipinski definition) is 3. The first-order valence-electron chi connectivity index (χ1n) is 7.72. The molecule has 0 amide bonds. The van der Waals surface area contributed by atoms with Crippen LogP contribution in [0.5, 0.6) is 0 Å². The lowest BCUT2D eigenvalue weighted by Gasteiger charge is -2.26. The quantitative estimate of drug-likeness (QED) is 0.840. The third-order valence-corrected chi connectivity index (χ3v) is 6.64. The monoisotopic (exact) mass is 329 g/mol. The molecular formula is C16H24ClNO2S. The lowest BCUT2D eigenvalue weighted by atomic mass is 10.1. The molecule has 0 spiro atoms. The van der Waals surface area contributed by atoms with Crippen molar-refractivity contribution in [1.29, 1.82) is 0 Å². The van der Waals surface area contributed by atoms with Gasteiger partial charge in [0.2, 0.25) is 0 Å². The minimum Gasteiger partial charge on any atom is -0.313 e. The summed E-state index contributed by atoms with van der Waals surface area (Å²) in [5.41, 5.74) is 0.818. The van der Waals surface area contributed by atoms with Crippen molar-refractivity contribution in [3.05, 3.63) is 34.9 Å². The van der Waals surface area contributed by atoms with E-state index in [2.05, 4.69) is 5.32 Å². The Hall–Kier alpha value is -0.580. The van der Waals surface area contributed by atoms with Crippen LogP contribution in [0.4, 0.5) is 0 Å².